The van der Waals surface area contributed by atoms with Crippen LogP contribution in [0.1, 0.15) is 28.1 Å². The Balaban J connectivity index is 1.38. The summed E-state index contributed by atoms with van der Waals surface area (Å²) in [6.07, 6.45) is 2.50. The summed E-state index contributed by atoms with van der Waals surface area (Å²) in [7, 11) is 2.03. The number of anilines is 1. The van der Waals surface area contributed by atoms with Crippen molar-refractivity contribution >= 4 is 40.8 Å². The van der Waals surface area contributed by atoms with Crippen LogP contribution in [0.2, 0.25) is 5.02 Å². The minimum absolute atomic E-state index is 0.171. The van der Waals surface area contributed by atoms with Crippen LogP contribution in [-0.2, 0) is 4.79 Å². The van der Waals surface area contributed by atoms with Gasteiger partial charge in [-0.15, -0.1) is 0 Å². The third-order valence-electron chi connectivity index (χ3n) is 6.17. The quantitative estimate of drug-likeness (QED) is 0.536. The molecule has 0 aliphatic carbocycles. The highest BCUT2D eigenvalue weighted by Crippen LogP contribution is 2.36. The largest absolute Gasteiger partial charge is 0.457 e. The van der Waals surface area contributed by atoms with Gasteiger partial charge in [0.15, 0.2) is 0 Å². The average Bonchev–Trinajstić information content (AvgIpc) is 3.32. The molecule has 3 aromatic rings. The van der Waals surface area contributed by atoms with Gasteiger partial charge in [0.2, 0.25) is 0 Å². The summed E-state index contributed by atoms with van der Waals surface area (Å²) in [5.41, 5.74) is 2.34. The standard InChI is InChI=1S/C26H23ClFN3O3/c1-30-9-2-10-31(12-11-30)26(33)16-3-6-19(22(28)13-16)24-8-5-18(34-24)15-21-20-14-17(27)4-7-23(20)29-25(21)32/h3-8,13-15H,2,9-12H2,1H3,(H,29,32). The van der Waals surface area contributed by atoms with Gasteiger partial charge in [0, 0.05) is 41.5 Å². The molecule has 1 aromatic heterocycles. The number of rotatable bonds is 3. The molecule has 1 fully saturated rings. The van der Waals surface area contributed by atoms with E-state index >= 15 is 0 Å². The lowest BCUT2D eigenvalue weighted by Crippen LogP contribution is -2.34. The van der Waals surface area contributed by atoms with Crippen molar-refractivity contribution < 1.29 is 18.4 Å². The second-order valence-corrected chi connectivity index (χ2v) is 8.98. The van der Waals surface area contributed by atoms with Crippen molar-refractivity contribution in [3.63, 3.8) is 0 Å². The molecule has 6 nitrogen and oxygen atoms in total. The second-order valence-electron chi connectivity index (χ2n) is 8.55. The van der Waals surface area contributed by atoms with Gasteiger partial charge in [-0.2, -0.15) is 0 Å². The van der Waals surface area contributed by atoms with E-state index in [-0.39, 0.29) is 17.4 Å². The van der Waals surface area contributed by atoms with E-state index in [9.17, 15) is 14.0 Å². The van der Waals surface area contributed by atoms with Gasteiger partial charge in [-0.25, -0.2) is 4.39 Å². The highest BCUT2D eigenvalue weighted by atomic mass is 35.5. The molecule has 0 unspecified atom stereocenters. The first-order valence-electron chi connectivity index (χ1n) is 11.1. The zero-order valence-corrected chi connectivity index (χ0v) is 19.4. The fraction of sp³-hybridized carbons (Fsp3) is 0.231. The number of likely N-dealkylation sites (N-methyl/N-ethyl adjacent to an activating group) is 1. The predicted molar refractivity (Wildman–Crippen MR) is 130 cm³/mol. The Hall–Kier alpha value is -3.42. The minimum atomic E-state index is -0.540. The van der Waals surface area contributed by atoms with E-state index in [1.54, 1.807) is 53.4 Å². The zero-order chi connectivity index (χ0) is 23.8. The lowest BCUT2D eigenvalue weighted by atomic mass is 10.1. The van der Waals surface area contributed by atoms with Crippen molar-refractivity contribution in [3.05, 3.63) is 76.3 Å². The molecule has 2 aliphatic rings. The Bertz CT molecular complexity index is 1320. The third-order valence-corrected chi connectivity index (χ3v) is 6.40. The molecule has 0 radical (unpaired) electrons. The molecule has 3 heterocycles. The van der Waals surface area contributed by atoms with Crippen LogP contribution in [-0.4, -0.2) is 54.8 Å². The summed E-state index contributed by atoms with van der Waals surface area (Å²) in [6, 6.07) is 12.9. The number of carbonyl (C=O) groups is 2. The summed E-state index contributed by atoms with van der Waals surface area (Å²) in [5.74, 6) is -0.257. The number of nitrogens with one attached hydrogen (secondary N) is 1. The molecule has 2 aromatic carbocycles. The van der Waals surface area contributed by atoms with Gasteiger partial charge in [-0.1, -0.05) is 11.6 Å². The Morgan fingerprint density at radius 3 is 2.74 bits per heavy atom. The van der Waals surface area contributed by atoms with Crippen LogP contribution in [0.25, 0.3) is 23.0 Å². The van der Waals surface area contributed by atoms with Crippen LogP contribution in [0.15, 0.2) is 52.9 Å². The van der Waals surface area contributed by atoms with Gasteiger partial charge in [-0.3, -0.25) is 9.59 Å². The van der Waals surface area contributed by atoms with Gasteiger partial charge in [0.25, 0.3) is 11.8 Å². The van der Waals surface area contributed by atoms with Crippen molar-refractivity contribution in [3.8, 4) is 11.3 Å². The number of amides is 2. The fourth-order valence-corrected chi connectivity index (χ4v) is 4.47. The third kappa shape index (κ3) is 4.36. The number of hydrogen-bond acceptors (Lipinski definition) is 4. The predicted octanol–water partition coefficient (Wildman–Crippen LogP) is 5.01. The number of furan rings is 1. The molecule has 2 amide bonds. The topological polar surface area (TPSA) is 65.8 Å². The van der Waals surface area contributed by atoms with Gasteiger partial charge in [-0.05, 0) is 74.6 Å². The molecule has 5 rings (SSSR count). The Morgan fingerprint density at radius 1 is 1.06 bits per heavy atom. The van der Waals surface area contributed by atoms with Crippen LogP contribution in [0.3, 0.4) is 0 Å². The number of nitrogens with zero attached hydrogens (tertiary/aromatic N) is 2. The smallest absolute Gasteiger partial charge is 0.256 e. The lowest BCUT2D eigenvalue weighted by molar-refractivity contribution is -0.110. The first-order chi connectivity index (χ1) is 16.4. The van der Waals surface area contributed by atoms with Crippen molar-refractivity contribution in [2.24, 2.45) is 0 Å². The summed E-state index contributed by atoms with van der Waals surface area (Å²) in [5, 5.41) is 3.31. The number of halogens is 2. The van der Waals surface area contributed by atoms with Crippen LogP contribution < -0.4 is 5.32 Å². The maximum atomic E-state index is 15.0. The van der Waals surface area contributed by atoms with E-state index in [2.05, 4.69) is 10.2 Å². The van der Waals surface area contributed by atoms with Crippen LogP contribution >= 0.6 is 11.6 Å². The molecule has 0 bridgehead atoms. The van der Waals surface area contributed by atoms with Crippen molar-refractivity contribution in [2.75, 3.05) is 38.5 Å². The van der Waals surface area contributed by atoms with Gasteiger partial charge in [0.05, 0.1) is 11.1 Å². The van der Waals surface area contributed by atoms with Crippen molar-refractivity contribution in [2.45, 2.75) is 6.42 Å². The van der Waals surface area contributed by atoms with Crippen LogP contribution in [0.4, 0.5) is 10.1 Å². The Labute approximate surface area is 201 Å². The SMILES string of the molecule is CN1CCCN(C(=O)c2ccc(-c3ccc(C=C4C(=O)Nc5ccc(Cl)cc54)o3)c(F)c2)CC1. The van der Waals surface area contributed by atoms with E-state index in [1.165, 1.54) is 6.07 Å². The summed E-state index contributed by atoms with van der Waals surface area (Å²) < 4.78 is 20.8. The maximum Gasteiger partial charge on any atom is 0.256 e. The lowest BCUT2D eigenvalue weighted by Gasteiger charge is -2.20. The van der Waals surface area contributed by atoms with E-state index in [0.29, 0.717) is 52.0 Å². The first kappa shape index (κ1) is 22.4. The monoisotopic (exact) mass is 479 g/mol. The van der Waals surface area contributed by atoms with Crippen LogP contribution in [0.5, 0.6) is 0 Å². The van der Waals surface area contributed by atoms with E-state index in [4.69, 9.17) is 16.0 Å². The molecule has 0 atom stereocenters. The van der Waals surface area contributed by atoms with E-state index in [0.717, 1.165) is 19.5 Å². The highest BCUT2D eigenvalue weighted by Gasteiger charge is 2.25. The highest BCUT2D eigenvalue weighted by molar-refractivity contribution is 6.36. The Kier molecular flexibility index (Phi) is 5.98. The van der Waals surface area contributed by atoms with Gasteiger partial charge < -0.3 is 19.5 Å². The molecule has 8 heteroatoms. The maximum absolute atomic E-state index is 15.0. The van der Waals surface area contributed by atoms with E-state index in [1.807, 2.05) is 7.05 Å². The van der Waals surface area contributed by atoms with Gasteiger partial charge in [0.1, 0.15) is 17.3 Å². The second kappa shape index (κ2) is 9.08. The zero-order valence-electron chi connectivity index (χ0n) is 18.6. The molecule has 2 aliphatic heterocycles. The first-order valence-corrected chi connectivity index (χ1v) is 11.5. The molecule has 34 heavy (non-hydrogen) atoms. The number of hydrogen-bond donors (Lipinski definition) is 1. The van der Waals surface area contributed by atoms with Crippen molar-refractivity contribution in [1.82, 2.24) is 9.80 Å². The average molecular weight is 480 g/mol. The van der Waals surface area contributed by atoms with Crippen LogP contribution in [0, 0.1) is 5.82 Å². The molecule has 1 saturated heterocycles. The molecular formula is C26H23ClFN3O3. The molecule has 0 spiro atoms. The molecule has 1 N–H and O–H groups in total. The number of carbonyl (C=O) groups excluding carboxylic acids is 2. The summed E-state index contributed by atoms with van der Waals surface area (Å²) in [6.45, 7) is 3.02. The normalized spacial score (nSPS) is 17.6. The molecular weight excluding hydrogens is 457 g/mol. The molecule has 0 saturated carbocycles. The molecule has 174 valence electrons. The summed E-state index contributed by atoms with van der Waals surface area (Å²) >= 11 is 6.08. The number of fused-ring (bicyclic) bond motifs is 1. The number of benzene rings is 2. The fourth-order valence-electron chi connectivity index (χ4n) is 4.30. The minimum Gasteiger partial charge on any atom is -0.457 e. The van der Waals surface area contributed by atoms with Crippen molar-refractivity contribution in [1.29, 1.82) is 0 Å². The van der Waals surface area contributed by atoms with Gasteiger partial charge >= 0.3 is 0 Å². The Morgan fingerprint density at radius 2 is 1.91 bits per heavy atom. The van der Waals surface area contributed by atoms with E-state index < -0.39 is 5.82 Å². The summed E-state index contributed by atoms with van der Waals surface area (Å²) in [4.78, 5) is 29.2.